The van der Waals surface area contributed by atoms with Crippen LogP contribution in [0.2, 0.25) is 0 Å². The number of hydrogen-bond donors (Lipinski definition) is 3. The zero-order valence-corrected chi connectivity index (χ0v) is 14.1. The van der Waals surface area contributed by atoms with Crippen LogP contribution < -0.4 is 20.0 Å². The molecule has 24 heavy (non-hydrogen) atoms. The molecule has 2 aromatic carbocycles. The van der Waals surface area contributed by atoms with Gasteiger partial charge < -0.3 is 14.8 Å². The molecule has 2 aromatic rings. The maximum atomic E-state index is 11.9. The van der Waals surface area contributed by atoms with Gasteiger partial charge in [-0.15, -0.1) is 0 Å². The molecular formula is C16H19N3O4S. The third-order valence-corrected chi connectivity index (χ3v) is 3.58. The van der Waals surface area contributed by atoms with Crippen molar-refractivity contribution < 1.29 is 17.4 Å². The maximum absolute atomic E-state index is 11.9. The Hall–Kier alpha value is -2.58. The minimum atomic E-state index is -4.06. The highest BCUT2D eigenvalue weighted by atomic mass is 32.2. The Morgan fingerprint density at radius 1 is 0.958 bits per heavy atom. The molecule has 0 fully saturated rings. The van der Waals surface area contributed by atoms with E-state index in [1.807, 2.05) is 24.3 Å². The summed E-state index contributed by atoms with van der Waals surface area (Å²) in [6.45, 7) is 4.19. The molecule has 7 nitrogen and oxygen atoms in total. The third kappa shape index (κ3) is 5.56. The van der Waals surface area contributed by atoms with Crippen LogP contribution >= 0.6 is 0 Å². The van der Waals surface area contributed by atoms with Crippen molar-refractivity contribution in [2.75, 3.05) is 10.6 Å². The Balaban J connectivity index is 1.94. The minimum absolute atomic E-state index is 0.0627. The first-order valence-corrected chi connectivity index (χ1v) is 8.70. The van der Waals surface area contributed by atoms with E-state index in [0.717, 1.165) is 0 Å². The number of urea groups is 1. The van der Waals surface area contributed by atoms with Crippen molar-refractivity contribution in [3.05, 3.63) is 54.1 Å². The number of carbonyl (C=O) groups is 1. The second-order valence-electron chi connectivity index (χ2n) is 5.46. The van der Waals surface area contributed by atoms with E-state index in [4.69, 9.17) is 5.14 Å². The van der Waals surface area contributed by atoms with Gasteiger partial charge in [0.2, 0.25) is 0 Å². The van der Waals surface area contributed by atoms with Crippen LogP contribution in [0.1, 0.15) is 25.3 Å². The van der Waals surface area contributed by atoms with E-state index in [1.165, 1.54) is 29.8 Å². The summed E-state index contributed by atoms with van der Waals surface area (Å²) in [5, 5.41) is 10.1. The third-order valence-electron chi connectivity index (χ3n) is 3.16. The summed E-state index contributed by atoms with van der Waals surface area (Å²) >= 11 is 0. The number of carbonyl (C=O) groups excluding carboxylic acids is 1. The Kier molecular flexibility index (Phi) is 5.42. The van der Waals surface area contributed by atoms with E-state index in [0.29, 0.717) is 17.3 Å². The zero-order chi connectivity index (χ0) is 17.7. The molecule has 128 valence electrons. The predicted molar refractivity (Wildman–Crippen MR) is 93.3 cm³/mol. The van der Waals surface area contributed by atoms with Crippen LogP contribution in [0, 0.1) is 0 Å². The van der Waals surface area contributed by atoms with Crippen LogP contribution in [0.25, 0.3) is 0 Å². The van der Waals surface area contributed by atoms with E-state index in [9.17, 15) is 13.2 Å². The van der Waals surface area contributed by atoms with Crippen LogP contribution in [0.4, 0.5) is 16.2 Å². The molecule has 8 heteroatoms. The molecule has 0 aliphatic rings. The molecular weight excluding hydrogens is 330 g/mol. The summed E-state index contributed by atoms with van der Waals surface area (Å²) in [6, 6.07) is 12.9. The fourth-order valence-electron chi connectivity index (χ4n) is 1.97. The van der Waals surface area contributed by atoms with E-state index in [-0.39, 0.29) is 5.75 Å². The van der Waals surface area contributed by atoms with Crippen molar-refractivity contribution in [1.82, 2.24) is 0 Å². The van der Waals surface area contributed by atoms with Crippen molar-refractivity contribution in [2.45, 2.75) is 19.8 Å². The summed E-state index contributed by atoms with van der Waals surface area (Å²) in [5.41, 5.74) is 2.34. The molecule has 0 aliphatic heterocycles. The molecule has 2 rings (SSSR count). The molecule has 0 atom stereocenters. The first kappa shape index (κ1) is 17.8. The largest absolute Gasteiger partial charge is 0.380 e. The van der Waals surface area contributed by atoms with Gasteiger partial charge in [-0.25, -0.2) is 4.79 Å². The summed E-state index contributed by atoms with van der Waals surface area (Å²) in [5.74, 6) is 0.485. The van der Waals surface area contributed by atoms with Crippen LogP contribution in [-0.2, 0) is 10.3 Å². The number of nitrogens with one attached hydrogen (secondary N) is 2. The molecule has 0 unspecified atom stereocenters. The Bertz CT molecular complexity index is 800. The highest BCUT2D eigenvalue weighted by Gasteiger charge is 2.07. The van der Waals surface area contributed by atoms with E-state index in [2.05, 4.69) is 28.7 Å². The topological polar surface area (TPSA) is 111 Å². The second kappa shape index (κ2) is 7.33. The molecule has 0 saturated heterocycles. The molecule has 0 aliphatic carbocycles. The molecule has 0 bridgehead atoms. The van der Waals surface area contributed by atoms with Gasteiger partial charge >= 0.3 is 16.3 Å². The van der Waals surface area contributed by atoms with E-state index < -0.39 is 16.3 Å². The zero-order valence-electron chi connectivity index (χ0n) is 13.3. The van der Waals surface area contributed by atoms with Crippen LogP contribution in [-0.4, -0.2) is 14.4 Å². The predicted octanol–water partition coefficient (Wildman–Crippen LogP) is 3.04. The number of nitrogens with two attached hydrogens (primary N) is 1. The molecule has 2 amide bonds. The van der Waals surface area contributed by atoms with Gasteiger partial charge in [-0.1, -0.05) is 26.0 Å². The quantitative estimate of drug-likeness (QED) is 0.770. The Morgan fingerprint density at radius 2 is 1.42 bits per heavy atom. The van der Waals surface area contributed by atoms with Crippen molar-refractivity contribution >= 4 is 27.7 Å². The Labute approximate surface area is 141 Å². The molecule has 0 spiro atoms. The van der Waals surface area contributed by atoms with E-state index >= 15 is 0 Å². The first-order chi connectivity index (χ1) is 11.2. The van der Waals surface area contributed by atoms with Gasteiger partial charge in [-0.2, -0.15) is 13.6 Å². The minimum Gasteiger partial charge on any atom is -0.371 e. The smallest absolute Gasteiger partial charge is 0.371 e. The number of benzene rings is 2. The fourth-order valence-corrected chi connectivity index (χ4v) is 2.35. The van der Waals surface area contributed by atoms with Crippen LogP contribution in [0.15, 0.2) is 48.5 Å². The molecule has 0 aromatic heterocycles. The Morgan fingerprint density at radius 3 is 1.83 bits per heavy atom. The van der Waals surface area contributed by atoms with Crippen molar-refractivity contribution in [2.24, 2.45) is 5.14 Å². The standard InChI is InChI=1S/C16H19N3O4S/c1-11(2)12-3-5-13(6-4-12)18-16(20)19-14-7-9-15(10-8-14)23-24(17,21)22/h3-11H,1-2H3,(H2,17,21,22)(H2,18,19,20). The van der Waals surface area contributed by atoms with E-state index in [1.54, 1.807) is 0 Å². The van der Waals surface area contributed by atoms with Crippen LogP contribution in [0.3, 0.4) is 0 Å². The van der Waals surface area contributed by atoms with Gasteiger partial charge in [0.05, 0.1) is 0 Å². The maximum Gasteiger partial charge on any atom is 0.380 e. The SMILES string of the molecule is CC(C)c1ccc(NC(=O)Nc2ccc(OS(N)(=O)=O)cc2)cc1. The van der Waals surface area contributed by atoms with Gasteiger partial charge in [0.1, 0.15) is 5.75 Å². The van der Waals surface area contributed by atoms with Gasteiger partial charge in [0.15, 0.2) is 0 Å². The summed E-state index contributed by atoms with van der Waals surface area (Å²) in [6.07, 6.45) is 0. The molecule has 0 saturated carbocycles. The van der Waals surface area contributed by atoms with Crippen LogP contribution in [0.5, 0.6) is 5.75 Å². The monoisotopic (exact) mass is 349 g/mol. The lowest BCUT2D eigenvalue weighted by Crippen LogP contribution is -2.20. The number of hydrogen-bond acceptors (Lipinski definition) is 4. The summed E-state index contributed by atoms with van der Waals surface area (Å²) in [7, 11) is -4.06. The second-order valence-corrected chi connectivity index (χ2v) is 6.61. The lowest BCUT2D eigenvalue weighted by molar-refractivity contribution is 0.262. The molecule has 4 N–H and O–H groups in total. The fraction of sp³-hybridized carbons (Fsp3) is 0.188. The number of amides is 2. The molecule has 0 heterocycles. The van der Waals surface area contributed by atoms with Gasteiger partial charge in [0, 0.05) is 11.4 Å². The van der Waals surface area contributed by atoms with Gasteiger partial charge in [0.25, 0.3) is 0 Å². The summed E-state index contributed by atoms with van der Waals surface area (Å²) < 4.78 is 26.1. The van der Waals surface area contributed by atoms with Crippen molar-refractivity contribution in [1.29, 1.82) is 0 Å². The number of rotatable bonds is 5. The number of anilines is 2. The average Bonchev–Trinajstić information content (AvgIpc) is 2.48. The van der Waals surface area contributed by atoms with Crippen molar-refractivity contribution in [3.8, 4) is 5.75 Å². The first-order valence-electron chi connectivity index (χ1n) is 7.23. The highest BCUT2D eigenvalue weighted by Crippen LogP contribution is 2.19. The van der Waals surface area contributed by atoms with Gasteiger partial charge in [-0.05, 0) is 47.9 Å². The average molecular weight is 349 g/mol. The normalized spacial score (nSPS) is 11.2. The summed E-state index contributed by atoms with van der Waals surface area (Å²) in [4.78, 5) is 11.9. The van der Waals surface area contributed by atoms with Gasteiger partial charge in [-0.3, -0.25) is 0 Å². The lowest BCUT2D eigenvalue weighted by Gasteiger charge is -2.10. The highest BCUT2D eigenvalue weighted by molar-refractivity contribution is 7.84. The lowest BCUT2D eigenvalue weighted by atomic mass is 10.0. The molecule has 0 radical (unpaired) electrons. The van der Waals surface area contributed by atoms with Crippen molar-refractivity contribution in [3.63, 3.8) is 0 Å².